The number of nitrogens with zero attached hydrogens (tertiary/aromatic N) is 1. The first kappa shape index (κ1) is 13.9. The number of carboxylic acid groups (broad SMARTS) is 1. The van der Waals surface area contributed by atoms with Crippen LogP contribution in [0.5, 0.6) is 5.75 Å². The predicted molar refractivity (Wildman–Crippen MR) is 73.3 cm³/mol. The van der Waals surface area contributed by atoms with Crippen LogP contribution in [0.2, 0.25) is 0 Å². The summed E-state index contributed by atoms with van der Waals surface area (Å²) >= 11 is 0. The predicted octanol–water partition coefficient (Wildman–Crippen LogP) is 2.52. The quantitative estimate of drug-likeness (QED) is 0.857. The Morgan fingerprint density at radius 3 is 3.11 bits per heavy atom. The van der Waals surface area contributed by atoms with Crippen molar-refractivity contribution in [2.24, 2.45) is 0 Å². The maximum atomic E-state index is 10.8. The number of likely N-dealkylation sites (tertiary alicyclic amines) is 1. The molecule has 1 aliphatic heterocycles. The fraction of sp³-hybridized carbons (Fsp3) is 0.533. The van der Waals surface area contributed by atoms with E-state index in [1.807, 2.05) is 25.1 Å². The van der Waals surface area contributed by atoms with Crippen LogP contribution in [0.1, 0.15) is 31.7 Å². The highest BCUT2D eigenvalue weighted by Crippen LogP contribution is 2.23. The lowest BCUT2D eigenvalue weighted by atomic mass is 10.1. The molecule has 0 spiro atoms. The Morgan fingerprint density at radius 2 is 2.37 bits per heavy atom. The molecule has 104 valence electrons. The highest BCUT2D eigenvalue weighted by atomic mass is 16.5. The number of benzene rings is 1. The minimum atomic E-state index is -0.708. The Balaban J connectivity index is 1.99. The van der Waals surface area contributed by atoms with E-state index in [1.165, 1.54) is 5.56 Å². The second-order valence-corrected chi connectivity index (χ2v) is 4.94. The van der Waals surface area contributed by atoms with Gasteiger partial charge < -0.3 is 9.84 Å². The first-order valence-corrected chi connectivity index (χ1v) is 6.86. The van der Waals surface area contributed by atoms with Crippen LogP contribution < -0.4 is 4.74 Å². The Morgan fingerprint density at radius 1 is 1.53 bits per heavy atom. The summed E-state index contributed by atoms with van der Waals surface area (Å²) in [6.45, 7) is 4.42. The smallest absolute Gasteiger partial charge is 0.304 e. The number of carbonyl (C=O) groups is 1. The van der Waals surface area contributed by atoms with E-state index in [4.69, 9.17) is 9.84 Å². The van der Waals surface area contributed by atoms with Crippen LogP contribution in [-0.2, 0) is 11.3 Å². The highest BCUT2D eigenvalue weighted by Gasteiger charge is 2.26. The number of hydrogen-bond acceptors (Lipinski definition) is 3. The second-order valence-electron chi connectivity index (χ2n) is 4.94. The third-order valence-electron chi connectivity index (χ3n) is 3.50. The molecular formula is C15H21NO3. The van der Waals surface area contributed by atoms with Crippen molar-refractivity contribution in [3.63, 3.8) is 0 Å². The van der Waals surface area contributed by atoms with Crippen LogP contribution in [-0.4, -0.2) is 35.2 Å². The van der Waals surface area contributed by atoms with E-state index in [9.17, 15) is 4.79 Å². The molecule has 0 aliphatic carbocycles. The molecule has 2 rings (SSSR count). The van der Waals surface area contributed by atoms with Gasteiger partial charge in [0.1, 0.15) is 5.75 Å². The molecule has 0 bridgehead atoms. The van der Waals surface area contributed by atoms with Crippen LogP contribution in [0.3, 0.4) is 0 Å². The van der Waals surface area contributed by atoms with Crippen LogP contribution >= 0.6 is 0 Å². The van der Waals surface area contributed by atoms with Gasteiger partial charge in [0.2, 0.25) is 0 Å². The summed E-state index contributed by atoms with van der Waals surface area (Å²) in [5.74, 6) is 0.175. The van der Waals surface area contributed by atoms with E-state index in [2.05, 4.69) is 11.0 Å². The van der Waals surface area contributed by atoms with Crippen molar-refractivity contribution < 1.29 is 14.6 Å². The zero-order chi connectivity index (χ0) is 13.7. The first-order chi connectivity index (χ1) is 9.19. The summed E-state index contributed by atoms with van der Waals surface area (Å²) in [4.78, 5) is 13.1. The minimum absolute atomic E-state index is 0.174. The SMILES string of the molecule is CCOc1cccc(CN2CCCC2CC(=O)O)c1. The van der Waals surface area contributed by atoms with Gasteiger partial charge in [-0.3, -0.25) is 9.69 Å². The van der Waals surface area contributed by atoms with Gasteiger partial charge in [-0.1, -0.05) is 12.1 Å². The van der Waals surface area contributed by atoms with Crippen molar-refractivity contribution in [1.82, 2.24) is 4.90 Å². The standard InChI is InChI=1S/C15H21NO3/c1-2-19-14-7-3-5-12(9-14)11-16-8-4-6-13(16)10-15(17)18/h3,5,7,9,13H,2,4,6,8,10-11H2,1H3,(H,17,18). The maximum absolute atomic E-state index is 10.8. The fourth-order valence-corrected chi connectivity index (χ4v) is 2.67. The Labute approximate surface area is 114 Å². The van der Waals surface area contributed by atoms with E-state index in [1.54, 1.807) is 0 Å². The summed E-state index contributed by atoms with van der Waals surface area (Å²) in [5.41, 5.74) is 1.18. The topological polar surface area (TPSA) is 49.8 Å². The van der Waals surface area contributed by atoms with Gasteiger partial charge in [-0.05, 0) is 44.0 Å². The Bertz CT molecular complexity index is 433. The van der Waals surface area contributed by atoms with Crippen LogP contribution in [0.4, 0.5) is 0 Å². The zero-order valence-electron chi connectivity index (χ0n) is 11.3. The summed E-state index contributed by atoms with van der Waals surface area (Å²) in [7, 11) is 0. The van der Waals surface area contributed by atoms with Gasteiger partial charge >= 0.3 is 5.97 Å². The van der Waals surface area contributed by atoms with E-state index >= 15 is 0 Å². The van der Waals surface area contributed by atoms with Crippen molar-refractivity contribution in [3.8, 4) is 5.75 Å². The molecule has 4 heteroatoms. The first-order valence-electron chi connectivity index (χ1n) is 6.86. The molecule has 4 nitrogen and oxygen atoms in total. The van der Waals surface area contributed by atoms with Gasteiger partial charge in [0.05, 0.1) is 13.0 Å². The van der Waals surface area contributed by atoms with Crippen LogP contribution in [0, 0.1) is 0 Å². The van der Waals surface area contributed by atoms with E-state index < -0.39 is 5.97 Å². The lowest BCUT2D eigenvalue weighted by Gasteiger charge is -2.23. The molecule has 0 amide bonds. The summed E-state index contributed by atoms with van der Waals surface area (Å²) in [6.07, 6.45) is 2.31. The van der Waals surface area contributed by atoms with Gasteiger partial charge in [-0.2, -0.15) is 0 Å². The van der Waals surface area contributed by atoms with Crippen molar-refractivity contribution in [1.29, 1.82) is 0 Å². The van der Waals surface area contributed by atoms with E-state index in [0.717, 1.165) is 31.7 Å². The number of rotatable bonds is 6. The normalized spacial score (nSPS) is 19.5. The molecule has 0 aromatic heterocycles. The molecule has 0 radical (unpaired) electrons. The average Bonchev–Trinajstić information content (AvgIpc) is 2.77. The Hall–Kier alpha value is -1.55. The number of aliphatic carboxylic acids is 1. The molecule has 1 aliphatic rings. The van der Waals surface area contributed by atoms with Crippen molar-refractivity contribution in [2.45, 2.75) is 38.8 Å². The van der Waals surface area contributed by atoms with Gasteiger partial charge in [-0.15, -0.1) is 0 Å². The zero-order valence-corrected chi connectivity index (χ0v) is 11.3. The maximum Gasteiger partial charge on any atom is 0.304 e. The lowest BCUT2D eigenvalue weighted by Crippen LogP contribution is -2.30. The summed E-state index contributed by atoms with van der Waals surface area (Å²) in [5, 5.41) is 8.93. The molecule has 1 unspecified atom stereocenters. The number of ether oxygens (including phenoxy) is 1. The molecular weight excluding hydrogens is 242 g/mol. The fourth-order valence-electron chi connectivity index (χ4n) is 2.67. The summed E-state index contributed by atoms with van der Waals surface area (Å²) in [6, 6.07) is 8.22. The van der Waals surface area contributed by atoms with Gasteiger partial charge in [0, 0.05) is 12.6 Å². The third-order valence-corrected chi connectivity index (χ3v) is 3.50. The van der Waals surface area contributed by atoms with Crippen LogP contribution in [0.15, 0.2) is 24.3 Å². The average molecular weight is 263 g/mol. The van der Waals surface area contributed by atoms with E-state index in [-0.39, 0.29) is 12.5 Å². The molecule has 1 aromatic carbocycles. The molecule has 1 fully saturated rings. The van der Waals surface area contributed by atoms with Crippen molar-refractivity contribution in [2.75, 3.05) is 13.2 Å². The number of carboxylic acids is 1. The molecule has 0 saturated carbocycles. The lowest BCUT2D eigenvalue weighted by molar-refractivity contribution is -0.138. The molecule has 19 heavy (non-hydrogen) atoms. The van der Waals surface area contributed by atoms with Gasteiger partial charge in [0.15, 0.2) is 0 Å². The van der Waals surface area contributed by atoms with E-state index in [0.29, 0.717) is 6.61 Å². The largest absolute Gasteiger partial charge is 0.494 e. The third kappa shape index (κ3) is 3.96. The molecule has 1 aromatic rings. The van der Waals surface area contributed by atoms with Gasteiger partial charge in [-0.25, -0.2) is 0 Å². The summed E-state index contributed by atoms with van der Waals surface area (Å²) < 4.78 is 5.49. The van der Waals surface area contributed by atoms with Gasteiger partial charge in [0.25, 0.3) is 0 Å². The second kappa shape index (κ2) is 6.57. The Kier molecular flexibility index (Phi) is 4.80. The molecule has 1 saturated heterocycles. The molecule has 1 atom stereocenters. The highest BCUT2D eigenvalue weighted by molar-refractivity contribution is 5.67. The van der Waals surface area contributed by atoms with Crippen LogP contribution in [0.25, 0.3) is 0 Å². The monoisotopic (exact) mass is 263 g/mol. The van der Waals surface area contributed by atoms with Crippen molar-refractivity contribution >= 4 is 5.97 Å². The molecule has 1 heterocycles. The number of hydrogen-bond donors (Lipinski definition) is 1. The van der Waals surface area contributed by atoms with Crippen molar-refractivity contribution in [3.05, 3.63) is 29.8 Å². The molecule has 1 N–H and O–H groups in total. The minimum Gasteiger partial charge on any atom is -0.494 e.